The highest BCUT2D eigenvalue weighted by Crippen LogP contribution is 2.29. The molecule has 0 amide bonds. The Labute approximate surface area is 109 Å². The van der Waals surface area contributed by atoms with Crippen LogP contribution in [0, 0.1) is 12.8 Å². The summed E-state index contributed by atoms with van der Waals surface area (Å²) in [5, 5.41) is 0.877. The number of alkyl halides is 1. The zero-order valence-electron chi connectivity index (χ0n) is 9.02. The summed E-state index contributed by atoms with van der Waals surface area (Å²) in [5.74, 6) is 0.454. The van der Waals surface area contributed by atoms with Gasteiger partial charge in [-0.15, -0.1) is 11.3 Å². The summed E-state index contributed by atoms with van der Waals surface area (Å²) >= 11 is 4.76. The first-order chi connectivity index (χ1) is 7.54. The Morgan fingerprint density at radius 3 is 2.81 bits per heavy atom. The quantitative estimate of drug-likeness (QED) is 0.801. The van der Waals surface area contributed by atoms with Crippen molar-refractivity contribution in [3.05, 3.63) is 17.0 Å². The highest BCUT2D eigenvalue weighted by atomic mass is 79.9. The molecule has 0 radical (unpaired) electrons. The Bertz CT molecular complexity index is 469. The predicted octanol–water partition coefficient (Wildman–Crippen LogP) is 2.46. The van der Waals surface area contributed by atoms with Gasteiger partial charge in [-0.05, 0) is 31.4 Å². The van der Waals surface area contributed by atoms with Crippen molar-refractivity contribution < 1.29 is 8.42 Å². The average Bonchev–Trinajstić information content (AvgIpc) is 2.85. The molecule has 0 saturated carbocycles. The molecule has 1 saturated heterocycles. The van der Waals surface area contributed by atoms with Gasteiger partial charge in [-0.1, -0.05) is 15.9 Å². The molecule has 1 aromatic heterocycles. The van der Waals surface area contributed by atoms with Crippen molar-refractivity contribution in [1.82, 2.24) is 4.31 Å². The second-order valence-corrected chi connectivity index (χ2v) is 8.14. The number of thiophene rings is 1. The molecule has 2 rings (SSSR count). The van der Waals surface area contributed by atoms with Gasteiger partial charge in [-0.25, -0.2) is 8.42 Å². The first-order valence-electron chi connectivity index (χ1n) is 5.16. The van der Waals surface area contributed by atoms with E-state index in [1.807, 2.05) is 13.0 Å². The first kappa shape index (κ1) is 12.5. The Morgan fingerprint density at radius 2 is 2.31 bits per heavy atom. The van der Waals surface area contributed by atoms with E-state index in [0.717, 1.165) is 16.6 Å². The minimum atomic E-state index is -3.23. The standard InChI is InChI=1S/C10H14BrNO2S2/c1-8-2-3-10(15-8)16(13,14)12-5-4-9(6-11)7-12/h2-3,9H,4-7H2,1H3. The van der Waals surface area contributed by atoms with E-state index >= 15 is 0 Å². The fourth-order valence-electron chi connectivity index (χ4n) is 1.82. The topological polar surface area (TPSA) is 37.4 Å². The molecule has 0 aromatic carbocycles. The smallest absolute Gasteiger partial charge is 0.206 e. The van der Waals surface area contributed by atoms with Gasteiger partial charge in [-0.3, -0.25) is 0 Å². The minimum Gasteiger partial charge on any atom is -0.206 e. The van der Waals surface area contributed by atoms with Gasteiger partial charge in [0.05, 0.1) is 0 Å². The largest absolute Gasteiger partial charge is 0.252 e. The van der Waals surface area contributed by atoms with Crippen molar-refractivity contribution in [3.8, 4) is 0 Å². The Balaban J connectivity index is 2.21. The van der Waals surface area contributed by atoms with Crippen molar-refractivity contribution in [3.63, 3.8) is 0 Å². The third-order valence-corrected chi connectivity index (χ3v) is 7.03. The van der Waals surface area contributed by atoms with Crippen LogP contribution < -0.4 is 0 Å². The SMILES string of the molecule is Cc1ccc(S(=O)(=O)N2CCC(CBr)C2)s1. The van der Waals surface area contributed by atoms with E-state index in [1.165, 1.54) is 11.3 Å². The molecular weight excluding hydrogens is 310 g/mol. The molecule has 1 fully saturated rings. The van der Waals surface area contributed by atoms with Gasteiger partial charge in [-0.2, -0.15) is 4.31 Å². The van der Waals surface area contributed by atoms with Crippen LogP contribution in [-0.2, 0) is 10.0 Å². The summed E-state index contributed by atoms with van der Waals surface area (Å²) < 4.78 is 26.5. The highest BCUT2D eigenvalue weighted by Gasteiger charge is 2.32. The average molecular weight is 324 g/mol. The number of sulfonamides is 1. The summed E-state index contributed by atoms with van der Waals surface area (Å²) in [7, 11) is -3.23. The molecule has 3 nitrogen and oxygen atoms in total. The number of aryl methyl sites for hydroxylation is 1. The second-order valence-electron chi connectivity index (χ2n) is 4.04. The van der Waals surface area contributed by atoms with E-state index in [-0.39, 0.29) is 0 Å². The third kappa shape index (κ3) is 2.34. The van der Waals surface area contributed by atoms with Gasteiger partial charge in [0, 0.05) is 23.3 Å². The molecule has 1 unspecified atom stereocenters. The maximum atomic E-state index is 12.2. The minimum absolute atomic E-state index is 0.454. The molecular formula is C10H14BrNO2S2. The van der Waals surface area contributed by atoms with Crippen LogP contribution in [0.2, 0.25) is 0 Å². The number of rotatable bonds is 3. The summed E-state index contributed by atoms with van der Waals surface area (Å²) in [6.45, 7) is 3.22. The lowest BCUT2D eigenvalue weighted by Gasteiger charge is -2.14. The van der Waals surface area contributed by atoms with Crippen LogP contribution in [-0.4, -0.2) is 31.1 Å². The predicted molar refractivity (Wildman–Crippen MR) is 69.7 cm³/mol. The second kappa shape index (κ2) is 4.76. The van der Waals surface area contributed by atoms with Crippen LogP contribution in [0.15, 0.2) is 16.3 Å². The first-order valence-corrected chi connectivity index (χ1v) is 8.54. The van der Waals surface area contributed by atoms with Gasteiger partial charge >= 0.3 is 0 Å². The summed E-state index contributed by atoms with van der Waals surface area (Å²) in [5.41, 5.74) is 0. The molecule has 0 bridgehead atoms. The van der Waals surface area contributed by atoms with Crippen molar-refractivity contribution >= 4 is 37.3 Å². The maximum absolute atomic E-state index is 12.2. The molecule has 1 aliphatic heterocycles. The van der Waals surface area contributed by atoms with Crippen LogP contribution in [0.5, 0.6) is 0 Å². The third-order valence-electron chi connectivity index (χ3n) is 2.78. The Hall–Kier alpha value is 0.0900. The van der Waals surface area contributed by atoms with Crippen LogP contribution in [0.1, 0.15) is 11.3 Å². The van der Waals surface area contributed by atoms with Gasteiger partial charge in [0.15, 0.2) is 0 Å². The molecule has 90 valence electrons. The van der Waals surface area contributed by atoms with Gasteiger partial charge in [0.25, 0.3) is 10.0 Å². The van der Waals surface area contributed by atoms with E-state index < -0.39 is 10.0 Å². The Kier molecular flexibility index (Phi) is 3.73. The molecule has 0 N–H and O–H groups in total. The lowest BCUT2D eigenvalue weighted by molar-refractivity contribution is 0.467. The van der Waals surface area contributed by atoms with Crippen LogP contribution in [0.3, 0.4) is 0 Å². The molecule has 1 atom stereocenters. The molecule has 1 aliphatic rings. The molecule has 16 heavy (non-hydrogen) atoms. The van der Waals surface area contributed by atoms with E-state index in [2.05, 4.69) is 15.9 Å². The maximum Gasteiger partial charge on any atom is 0.252 e. The number of nitrogens with zero attached hydrogens (tertiary/aromatic N) is 1. The summed E-state index contributed by atoms with van der Waals surface area (Å²) in [4.78, 5) is 1.04. The van der Waals surface area contributed by atoms with Crippen LogP contribution in [0.4, 0.5) is 0 Å². The van der Waals surface area contributed by atoms with Crippen molar-refractivity contribution in [2.75, 3.05) is 18.4 Å². The molecule has 6 heteroatoms. The monoisotopic (exact) mass is 323 g/mol. The van der Waals surface area contributed by atoms with Crippen molar-refractivity contribution in [2.45, 2.75) is 17.6 Å². The van der Waals surface area contributed by atoms with Crippen LogP contribution in [0.25, 0.3) is 0 Å². The lowest BCUT2D eigenvalue weighted by Crippen LogP contribution is -2.28. The zero-order valence-corrected chi connectivity index (χ0v) is 12.2. The normalized spacial score (nSPS) is 22.8. The summed E-state index contributed by atoms with van der Waals surface area (Å²) in [6.07, 6.45) is 0.953. The van der Waals surface area contributed by atoms with Crippen molar-refractivity contribution in [1.29, 1.82) is 0 Å². The highest BCUT2D eigenvalue weighted by molar-refractivity contribution is 9.09. The lowest BCUT2D eigenvalue weighted by atomic mass is 10.2. The molecule has 2 heterocycles. The van der Waals surface area contributed by atoms with Gasteiger partial charge < -0.3 is 0 Å². The fourth-order valence-corrected chi connectivity index (χ4v) is 5.32. The Morgan fingerprint density at radius 1 is 1.56 bits per heavy atom. The molecule has 0 aliphatic carbocycles. The zero-order chi connectivity index (χ0) is 11.8. The molecule has 1 aromatic rings. The fraction of sp³-hybridized carbons (Fsp3) is 0.600. The molecule has 0 spiro atoms. The van der Waals surface area contributed by atoms with Gasteiger partial charge in [0.2, 0.25) is 0 Å². The van der Waals surface area contributed by atoms with Crippen LogP contribution >= 0.6 is 27.3 Å². The van der Waals surface area contributed by atoms with Crippen molar-refractivity contribution in [2.24, 2.45) is 5.92 Å². The van der Waals surface area contributed by atoms with E-state index in [1.54, 1.807) is 10.4 Å². The number of hydrogen-bond donors (Lipinski definition) is 0. The number of halogens is 1. The number of hydrogen-bond acceptors (Lipinski definition) is 3. The van der Waals surface area contributed by atoms with Gasteiger partial charge in [0.1, 0.15) is 4.21 Å². The van der Waals surface area contributed by atoms with E-state index in [9.17, 15) is 8.42 Å². The summed E-state index contributed by atoms with van der Waals surface area (Å²) in [6, 6.07) is 3.56. The van der Waals surface area contributed by atoms with E-state index in [4.69, 9.17) is 0 Å². The van der Waals surface area contributed by atoms with E-state index in [0.29, 0.717) is 23.2 Å².